The van der Waals surface area contributed by atoms with Gasteiger partial charge in [0, 0.05) is 12.1 Å². The van der Waals surface area contributed by atoms with E-state index in [1.807, 2.05) is 0 Å². The molecule has 1 aliphatic rings. The zero-order valence-corrected chi connectivity index (χ0v) is 10.6. The Kier molecular flexibility index (Phi) is 4.93. The highest BCUT2D eigenvalue weighted by Gasteiger charge is 2.21. The van der Waals surface area contributed by atoms with Crippen molar-refractivity contribution in [3.05, 3.63) is 35.6 Å². The molecule has 1 aliphatic heterocycles. The highest BCUT2D eigenvalue weighted by atomic mass is 19.1. The Balaban J connectivity index is 1.78. The fraction of sp³-hybridized carbons (Fsp3) is 0.400. The first-order valence-corrected chi connectivity index (χ1v) is 6.37. The molecule has 0 amide bonds. The van der Waals surface area contributed by atoms with E-state index in [1.165, 1.54) is 12.1 Å². The number of carbonyl (C=O) groups excluding carboxylic acids is 1. The lowest BCUT2D eigenvalue weighted by Crippen LogP contribution is -2.35. The van der Waals surface area contributed by atoms with Gasteiger partial charge in [-0.2, -0.15) is 0 Å². The van der Waals surface area contributed by atoms with Gasteiger partial charge in [0.25, 0.3) is 0 Å². The van der Waals surface area contributed by atoms with E-state index in [1.54, 1.807) is 12.1 Å². The molecule has 0 radical (unpaired) electrons. The van der Waals surface area contributed by atoms with Crippen molar-refractivity contribution in [2.24, 2.45) is 5.92 Å². The van der Waals surface area contributed by atoms with E-state index >= 15 is 0 Å². The van der Waals surface area contributed by atoms with Gasteiger partial charge in [0.1, 0.15) is 5.82 Å². The van der Waals surface area contributed by atoms with Crippen LogP contribution in [0.25, 0.3) is 0 Å². The van der Waals surface area contributed by atoms with E-state index in [0.29, 0.717) is 12.1 Å². The van der Waals surface area contributed by atoms with Crippen LogP contribution in [0.4, 0.5) is 4.39 Å². The van der Waals surface area contributed by atoms with Gasteiger partial charge in [-0.3, -0.25) is 4.79 Å². The van der Waals surface area contributed by atoms with Crippen molar-refractivity contribution in [1.82, 2.24) is 5.32 Å². The van der Waals surface area contributed by atoms with E-state index in [9.17, 15) is 9.18 Å². The number of piperidine rings is 1. The Morgan fingerprint density at radius 3 is 3.16 bits per heavy atom. The number of hydrogen-bond acceptors (Lipinski definition) is 3. The molecule has 1 fully saturated rings. The molecule has 1 aromatic carbocycles. The Morgan fingerprint density at radius 1 is 1.53 bits per heavy atom. The second-order valence-electron chi connectivity index (χ2n) is 4.46. The summed E-state index contributed by atoms with van der Waals surface area (Å²) in [6.45, 7) is 1.69. The highest BCUT2D eigenvalue weighted by Crippen LogP contribution is 2.11. The van der Waals surface area contributed by atoms with Crippen LogP contribution < -0.4 is 5.32 Å². The summed E-state index contributed by atoms with van der Waals surface area (Å²) in [7, 11) is 0. The van der Waals surface area contributed by atoms with Gasteiger partial charge in [0.2, 0.25) is 0 Å². The number of hydrogen-bond donors (Lipinski definition) is 1. The third-order valence-electron chi connectivity index (χ3n) is 2.97. The summed E-state index contributed by atoms with van der Waals surface area (Å²) in [6, 6.07) is 6.02. The van der Waals surface area contributed by atoms with Crippen LogP contribution in [0.5, 0.6) is 0 Å². The van der Waals surface area contributed by atoms with Gasteiger partial charge in [0.05, 0.1) is 5.92 Å². The largest absolute Gasteiger partial charge is 0.452 e. The van der Waals surface area contributed by atoms with Crippen LogP contribution in [0.1, 0.15) is 18.4 Å². The molecule has 2 rings (SSSR count). The minimum atomic E-state index is -0.322. The molecule has 0 spiro atoms. The zero-order chi connectivity index (χ0) is 13.5. The van der Waals surface area contributed by atoms with Crippen molar-refractivity contribution in [1.29, 1.82) is 0 Å². The summed E-state index contributed by atoms with van der Waals surface area (Å²) >= 11 is 0. The second-order valence-corrected chi connectivity index (χ2v) is 4.46. The van der Waals surface area contributed by atoms with Crippen LogP contribution >= 0.6 is 0 Å². The van der Waals surface area contributed by atoms with Crippen molar-refractivity contribution >= 4 is 5.97 Å². The maximum Gasteiger partial charge on any atom is 0.311 e. The van der Waals surface area contributed by atoms with Crippen molar-refractivity contribution in [2.75, 3.05) is 19.7 Å². The lowest BCUT2D eigenvalue weighted by Gasteiger charge is -2.20. The summed E-state index contributed by atoms with van der Waals surface area (Å²) < 4.78 is 18.0. The molecule has 19 heavy (non-hydrogen) atoms. The molecule has 100 valence electrons. The number of halogens is 1. The maximum atomic E-state index is 12.9. The van der Waals surface area contributed by atoms with Crippen molar-refractivity contribution < 1.29 is 13.9 Å². The van der Waals surface area contributed by atoms with Gasteiger partial charge in [0.15, 0.2) is 6.61 Å². The summed E-state index contributed by atoms with van der Waals surface area (Å²) in [4.78, 5) is 11.7. The molecule has 1 heterocycles. The Labute approximate surface area is 112 Å². The number of esters is 1. The molecule has 4 heteroatoms. The topological polar surface area (TPSA) is 38.3 Å². The molecule has 0 aromatic heterocycles. The van der Waals surface area contributed by atoms with Gasteiger partial charge >= 0.3 is 5.97 Å². The monoisotopic (exact) mass is 261 g/mol. The molecular weight excluding hydrogens is 245 g/mol. The summed E-state index contributed by atoms with van der Waals surface area (Å²) in [5.74, 6) is 4.88. The maximum absolute atomic E-state index is 12.9. The van der Waals surface area contributed by atoms with Crippen LogP contribution in [0.2, 0.25) is 0 Å². The van der Waals surface area contributed by atoms with Crippen LogP contribution in [0.3, 0.4) is 0 Å². The minimum Gasteiger partial charge on any atom is -0.452 e. The Morgan fingerprint density at radius 2 is 2.42 bits per heavy atom. The van der Waals surface area contributed by atoms with Crippen molar-refractivity contribution in [3.63, 3.8) is 0 Å². The smallest absolute Gasteiger partial charge is 0.311 e. The highest BCUT2D eigenvalue weighted by molar-refractivity contribution is 5.73. The number of rotatable bonds is 2. The molecule has 1 N–H and O–H groups in total. The predicted octanol–water partition coefficient (Wildman–Crippen LogP) is 1.72. The van der Waals surface area contributed by atoms with Crippen LogP contribution in [-0.4, -0.2) is 25.7 Å². The van der Waals surface area contributed by atoms with Crippen LogP contribution in [-0.2, 0) is 9.53 Å². The first-order valence-electron chi connectivity index (χ1n) is 6.37. The van der Waals surface area contributed by atoms with Crippen LogP contribution in [0.15, 0.2) is 24.3 Å². The van der Waals surface area contributed by atoms with Crippen LogP contribution in [0, 0.1) is 23.6 Å². The number of benzene rings is 1. The minimum absolute atomic E-state index is 0.0475. The average Bonchev–Trinajstić information content (AvgIpc) is 2.44. The molecular formula is C15H16FNO2. The fourth-order valence-corrected chi connectivity index (χ4v) is 1.98. The third-order valence-corrected chi connectivity index (χ3v) is 2.97. The number of carbonyl (C=O) groups is 1. The summed E-state index contributed by atoms with van der Waals surface area (Å²) in [6.07, 6.45) is 1.86. The predicted molar refractivity (Wildman–Crippen MR) is 69.8 cm³/mol. The SMILES string of the molecule is O=C(OCC#Cc1cccc(F)c1)C1CCCNC1. The molecule has 0 saturated carbocycles. The summed E-state index contributed by atoms with van der Waals surface area (Å²) in [5, 5.41) is 3.16. The average molecular weight is 261 g/mol. The molecule has 1 atom stereocenters. The van der Waals surface area contributed by atoms with Gasteiger partial charge in [-0.25, -0.2) is 4.39 Å². The molecule has 0 aliphatic carbocycles. The van der Waals surface area contributed by atoms with Crippen molar-refractivity contribution in [2.45, 2.75) is 12.8 Å². The number of ether oxygens (including phenoxy) is 1. The third kappa shape index (κ3) is 4.38. The fourth-order valence-electron chi connectivity index (χ4n) is 1.98. The second kappa shape index (κ2) is 6.91. The standard InChI is InChI=1S/C15H16FNO2/c16-14-7-1-4-12(10-14)5-3-9-19-15(18)13-6-2-8-17-11-13/h1,4,7,10,13,17H,2,6,8-9,11H2. The molecule has 1 unspecified atom stereocenters. The lowest BCUT2D eigenvalue weighted by molar-refractivity contribution is -0.147. The van der Waals surface area contributed by atoms with E-state index in [4.69, 9.17) is 4.74 Å². The summed E-state index contributed by atoms with van der Waals surface area (Å²) in [5.41, 5.74) is 0.579. The van der Waals surface area contributed by atoms with Crippen molar-refractivity contribution in [3.8, 4) is 11.8 Å². The van der Waals surface area contributed by atoms with E-state index in [2.05, 4.69) is 17.2 Å². The van der Waals surface area contributed by atoms with E-state index in [-0.39, 0.29) is 24.3 Å². The molecule has 0 bridgehead atoms. The Bertz CT molecular complexity index is 498. The number of nitrogens with one attached hydrogen (secondary N) is 1. The van der Waals surface area contributed by atoms with Gasteiger partial charge < -0.3 is 10.1 Å². The van der Waals surface area contributed by atoms with E-state index < -0.39 is 0 Å². The van der Waals surface area contributed by atoms with Gasteiger partial charge in [-0.05, 0) is 37.6 Å². The first kappa shape index (κ1) is 13.6. The van der Waals surface area contributed by atoms with Gasteiger partial charge in [-0.1, -0.05) is 17.9 Å². The quantitative estimate of drug-likeness (QED) is 0.651. The molecule has 1 saturated heterocycles. The molecule has 3 nitrogen and oxygen atoms in total. The normalized spacial score (nSPS) is 18.3. The Hall–Kier alpha value is -1.86. The molecule has 1 aromatic rings. The lowest BCUT2D eigenvalue weighted by atomic mass is 10.0. The van der Waals surface area contributed by atoms with Gasteiger partial charge in [-0.15, -0.1) is 0 Å². The zero-order valence-electron chi connectivity index (χ0n) is 10.6. The first-order chi connectivity index (χ1) is 9.25. The van der Waals surface area contributed by atoms with E-state index in [0.717, 1.165) is 19.4 Å².